The standard InChI is InChI=1S/C65H106O6/c1-4-7-10-13-16-19-22-25-28-30-32-34-37-40-43-46-49-52-55-58-64(67)70-61-62(60-69-63(66)57-54-51-48-45-42-39-36-27-24-21-18-15-12-9-6-3)71-65(68)59-56-53-50-47-44-41-38-35-33-31-29-26-23-20-17-14-11-8-5-2/h7,10,16-17,19-20,25-29,32-36,40,43,49,52,62H,4-6,8-9,11-15,18,21-24,30-31,37-39,41-42,44-48,50-51,53-61H2,1-3H3/b10-7-,19-16-,20-17-,28-25-,29-26-,34-32-,35-33-,36-27-,43-40-,52-49-. The van der Waals surface area contributed by atoms with Crippen molar-refractivity contribution in [3.8, 4) is 0 Å². The number of ether oxygens (including phenoxy) is 3. The summed E-state index contributed by atoms with van der Waals surface area (Å²) in [7, 11) is 0. The summed E-state index contributed by atoms with van der Waals surface area (Å²) in [5.74, 6) is -1.02. The summed E-state index contributed by atoms with van der Waals surface area (Å²) in [6, 6.07) is 0. The molecule has 0 aromatic heterocycles. The highest BCUT2D eigenvalue weighted by Gasteiger charge is 2.19. The fraction of sp³-hybridized carbons (Fsp3) is 0.646. The maximum absolute atomic E-state index is 12.9. The zero-order valence-electron chi connectivity index (χ0n) is 45.9. The first-order valence-electron chi connectivity index (χ1n) is 29.0. The molecule has 0 rings (SSSR count). The number of unbranched alkanes of at least 4 members (excludes halogenated alkanes) is 20. The first-order chi connectivity index (χ1) is 35.0. The van der Waals surface area contributed by atoms with E-state index in [-0.39, 0.29) is 37.5 Å². The Labute approximate surface area is 437 Å². The predicted molar refractivity (Wildman–Crippen MR) is 306 cm³/mol. The molecule has 6 heteroatoms. The van der Waals surface area contributed by atoms with Gasteiger partial charge in [-0.05, 0) is 122 Å². The van der Waals surface area contributed by atoms with Gasteiger partial charge < -0.3 is 14.2 Å². The van der Waals surface area contributed by atoms with E-state index in [4.69, 9.17) is 14.2 Å². The molecule has 6 nitrogen and oxygen atoms in total. The van der Waals surface area contributed by atoms with E-state index in [1.807, 2.05) is 6.08 Å². The Morgan fingerprint density at radius 3 is 0.986 bits per heavy atom. The van der Waals surface area contributed by atoms with Crippen LogP contribution in [0.1, 0.15) is 252 Å². The minimum absolute atomic E-state index is 0.114. The molecule has 1 atom stereocenters. The fourth-order valence-electron chi connectivity index (χ4n) is 7.59. The lowest BCUT2D eigenvalue weighted by Gasteiger charge is -2.18. The highest BCUT2D eigenvalue weighted by atomic mass is 16.6. The zero-order chi connectivity index (χ0) is 51.4. The summed E-state index contributed by atoms with van der Waals surface area (Å²) >= 11 is 0. The van der Waals surface area contributed by atoms with Crippen molar-refractivity contribution in [2.75, 3.05) is 13.2 Å². The lowest BCUT2D eigenvalue weighted by Crippen LogP contribution is -2.30. The molecule has 0 N–H and O–H groups in total. The second kappa shape index (κ2) is 58.4. The minimum Gasteiger partial charge on any atom is -0.462 e. The number of hydrogen-bond donors (Lipinski definition) is 0. The number of esters is 3. The smallest absolute Gasteiger partial charge is 0.306 e. The first kappa shape index (κ1) is 66.8. The molecule has 402 valence electrons. The van der Waals surface area contributed by atoms with Crippen LogP contribution in [-0.2, 0) is 28.6 Å². The molecule has 0 spiro atoms. The molecule has 0 radical (unpaired) electrons. The van der Waals surface area contributed by atoms with Gasteiger partial charge in [0.15, 0.2) is 6.10 Å². The van der Waals surface area contributed by atoms with Crippen molar-refractivity contribution in [3.05, 3.63) is 122 Å². The third-order valence-electron chi connectivity index (χ3n) is 11.9. The topological polar surface area (TPSA) is 78.9 Å². The minimum atomic E-state index is -0.823. The Bertz CT molecular complexity index is 1500. The maximum atomic E-state index is 12.9. The van der Waals surface area contributed by atoms with E-state index >= 15 is 0 Å². The van der Waals surface area contributed by atoms with Crippen LogP contribution in [0.3, 0.4) is 0 Å². The van der Waals surface area contributed by atoms with Crippen LogP contribution in [-0.4, -0.2) is 37.2 Å². The van der Waals surface area contributed by atoms with E-state index in [1.54, 1.807) is 0 Å². The number of hydrogen-bond acceptors (Lipinski definition) is 6. The third-order valence-corrected chi connectivity index (χ3v) is 11.9. The van der Waals surface area contributed by atoms with E-state index in [1.165, 1.54) is 89.9 Å². The summed E-state index contributed by atoms with van der Waals surface area (Å²) in [5.41, 5.74) is 0. The summed E-state index contributed by atoms with van der Waals surface area (Å²) in [4.78, 5) is 38.2. The summed E-state index contributed by atoms with van der Waals surface area (Å²) < 4.78 is 16.8. The van der Waals surface area contributed by atoms with Crippen molar-refractivity contribution in [2.45, 2.75) is 258 Å². The number of carbonyl (C=O) groups excluding carboxylic acids is 3. The van der Waals surface area contributed by atoms with Crippen molar-refractivity contribution >= 4 is 17.9 Å². The number of rotatable bonds is 51. The van der Waals surface area contributed by atoms with Crippen LogP contribution >= 0.6 is 0 Å². The predicted octanol–water partition coefficient (Wildman–Crippen LogP) is 19.6. The zero-order valence-corrected chi connectivity index (χ0v) is 45.9. The van der Waals surface area contributed by atoms with Crippen molar-refractivity contribution in [3.63, 3.8) is 0 Å². The van der Waals surface area contributed by atoms with E-state index in [0.717, 1.165) is 116 Å². The summed E-state index contributed by atoms with van der Waals surface area (Å²) in [6.07, 6.45) is 80.5. The lowest BCUT2D eigenvalue weighted by molar-refractivity contribution is -0.166. The molecule has 0 aliphatic rings. The summed E-state index contributed by atoms with van der Waals surface area (Å²) in [5, 5.41) is 0. The van der Waals surface area contributed by atoms with Gasteiger partial charge in [-0.1, -0.05) is 232 Å². The second-order valence-corrected chi connectivity index (χ2v) is 18.8. The largest absolute Gasteiger partial charge is 0.462 e. The van der Waals surface area contributed by atoms with Gasteiger partial charge in [0.2, 0.25) is 0 Å². The van der Waals surface area contributed by atoms with E-state index in [2.05, 4.69) is 136 Å². The highest BCUT2D eigenvalue weighted by Crippen LogP contribution is 2.13. The van der Waals surface area contributed by atoms with Crippen LogP contribution in [0.2, 0.25) is 0 Å². The molecule has 0 aliphatic carbocycles. The van der Waals surface area contributed by atoms with Gasteiger partial charge in [-0.2, -0.15) is 0 Å². The average Bonchev–Trinajstić information content (AvgIpc) is 3.37. The Morgan fingerprint density at radius 2 is 0.577 bits per heavy atom. The first-order valence-corrected chi connectivity index (χ1v) is 29.0. The Balaban J connectivity index is 4.55. The number of carbonyl (C=O) groups is 3. The van der Waals surface area contributed by atoms with Gasteiger partial charge in [0.05, 0.1) is 0 Å². The van der Waals surface area contributed by atoms with E-state index in [9.17, 15) is 14.4 Å². The Kier molecular flexibility index (Phi) is 54.9. The van der Waals surface area contributed by atoms with Crippen LogP contribution in [0.5, 0.6) is 0 Å². The molecule has 0 bridgehead atoms. The molecule has 71 heavy (non-hydrogen) atoms. The lowest BCUT2D eigenvalue weighted by atomic mass is 10.1. The Morgan fingerprint density at radius 1 is 0.296 bits per heavy atom. The van der Waals surface area contributed by atoms with Gasteiger partial charge in [0, 0.05) is 19.3 Å². The van der Waals surface area contributed by atoms with Gasteiger partial charge in [0.25, 0.3) is 0 Å². The highest BCUT2D eigenvalue weighted by molar-refractivity contribution is 5.71. The fourth-order valence-corrected chi connectivity index (χ4v) is 7.59. The van der Waals surface area contributed by atoms with Crippen molar-refractivity contribution in [2.24, 2.45) is 0 Å². The SMILES string of the molecule is CC/C=C\C/C=C\C/C=C\C/C=C\C/C=C\C/C=C\CCC(=O)OCC(COC(=O)CCCCCCC/C=C\CCCCCCCC)OC(=O)CCCCCCCC/C=C\C/C=C\C/C=C\CCCCC. The molecular weight excluding hydrogens is 877 g/mol. The van der Waals surface area contributed by atoms with Gasteiger partial charge in [-0.3, -0.25) is 14.4 Å². The molecule has 0 saturated heterocycles. The van der Waals surface area contributed by atoms with Crippen LogP contribution in [0.4, 0.5) is 0 Å². The normalized spacial score (nSPS) is 13.0. The van der Waals surface area contributed by atoms with Gasteiger partial charge in [-0.15, -0.1) is 0 Å². The Hall–Kier alpha value is -4.19. The maximum Gasteiger partial charge on any atom is 0.306 e. The molecule has 0 heterocycles. The molecule has 1 unspecified atom stereocenters. The van der Waals surface area contributed by atoms with Crippen molar-refractivity contribution in [1.82, 2.24) is 0 Å². The van der Waals surface area contributed by atoms with Gasteiger partial charge >= 0.3 is 17.9 Å². The van der Waals surface area contributed by atoms with Crippen molar-refractivity contribution < 1.29 is 28.6 Å². The third kappa shape index (κ3) is 56.6. The molecular formula is C65H106O6. The van der Waals surface area contributed by atoms with E-state index < -0.39 is 6.10 Å². The van der Waals surface area contributed by atoms with Crippen LogP contribution < -0.4 is 0 Å². The molecule has 0 saturated carbocycles. The van der Waals surface area contributed by atoms with Crippen LogP contribution in [0.25, 0.3) is 0 Å². The quantitative estimate of drug-likeness (QED) is 0.0261. The molecule has 0 aliphatic heterocycles. The van der Waals surface area contributed by atoms with Crippen molar-refractivity contribution in [1.29, 1.82) is 0 Å². The molecule has 0 aromatic rings. The van der Waals surface area contributed by atoms with Crippen LogP contribution in [0, 0.1) is 0 Å². The molecule has 0 aromatic carbocycles. The molecule has 0 fully saturated rings. The second-order valence-electron chi connectivity index (χ2n) is 18.8. The number of allylic oxidation sites excluding steroid dienone is 20. The average molecular weight is 984 g/mol. The van der Waals surface area contributed by atoms with Crippen LogP contribution in [0.15, 0.2) is 122 Å². The van der Waals surface area contributed by atoms with Gasteiger partial charge in [-0.25, -0.2) is 0 Å². The van der Waals surface area contributed by atoms with E-state index in [0.29, 0.717) is 19.3 Å². The monoisotopic (exact) mass is 983 g/mol. The summed E-state index contributed by atoms with van der Waals surface area (Å²) in [6.45, 7) is 6.41. The molecule has 0 amide bonds. The van der Waals surface area contributed by atoms with Gasteiger partial charge in [0.1, 0.15) is 13.2 Å².